The molecule has 0 aromatic rings. The molecule has 0 spiro atoms. The minimum absolute atomic E-state index is 0.0105. The average Bonchev–Trinajstić information content (AvgIpc) is 2.87. The molecule has 8 nitrogen and oxygen atoms in total. The Hall–Kier alpha value is -1.22. The van der Waals surface area contributed by atoms with E-state index in [1.165, 1.54) is 6.92 Å². The molecular weight excluding hydrogens is 258 g/mol. The van der Waals surface area contributed by atoms with Gasteiger partial charge in [0, 0.05) is 13.3 Å². The van der Waals surface area contributed by atoms with E-state index in [0.717, 1.165) is 5.23 Å². The molecule has 2 saturated heterocycles. The lowest BCUT2D eigenvalue weighted by molar-refractivity contribution is -0.357. The van der Waals surface area contributed by atoms with Crippen molar-refractivity contribution in [3.05, 3.63) is 0 Å². The number of rotatable bonds is 4. The maximum Gasteiger partial charge on any atom is 0.335 e. The van der Waals surface area contributed by atoms with E-state index in [0.29, 0.717) is 0 Å². The van der Waals surface area contributed by atoms with Gasteiger partial charge in [-0.05, 0) is 12.2 Å². The number of fused-ring (bicyclic) bond motifs is 1. The maximum absolute atomic E-state index is 12.2. The normalized spacial score (nSPS) is 34.1. The Kier molecular flexibility index (Phi) is 4.04. The van der Waals surface area contributed by atoms with Crippen LogP contribution in [0.2, 0.25) is 0 Å². The Labute approximate surface area is 110 Å². The van der Waals surface area contributed by atoms with Crippen LogP contribution < -0.4 is 0 Å². The Bertz CT molecular complexity index is 374. The van der Waals surface area contributed by atoms with Gasteiger partial charge in [-0.15, -0.1) is 0 Å². The minimum atomic E-state index is -1.34. The van der Waals surface area contributed by atoms with Crippen LogP contribution in [-0.4, -0.2) is 59.8 Å². The van der Waals surface area contributed by atoms with Crippen molar-refractivity contribution in [1.82, 2.24) is 5.23 Å². The summed E-state index contributed by atoms with van der Waals surface area (Å²) < 4.78 is 10.1. The summed E-state index contributed by atoms with van der Waals surface area (Å²) in [5.41, 5.74) is -1.34. The van der Waals surface area contributed by atoms with Crippen LogP contribution in [0.3, 0.4) is 0 Å². The lowest BCUT2D eigenvalue weighted by Crippen LogP contribution is -2.55. The summed E-state index contributed by atoms with van der Waals surface area (Å²) in [5, 5.41) is 10.1. The van der Waals surface area contributed by atoms with Crippen molar-refractivity contribution in [2.75, 3.05) is 19.8 Å². The summed E-state index contributed by atoms with van der Waals surface area (Å²) in [6, 6.07) is 0. The fourth-order valence-electron chi connectivity index (χ4n) is 2.33. The van der Waals surface area contributed by atoms with Crippen LogP contribution in [0.25, 0.3) is 0 Å². The number of hydrogen-bond acceptors (Lipinski definition) is 8. The predicted octanol–water partition coefficient (Wildman–Crippen LogP) is -0.837. The number of ether oxygens (including phenoxy) is 2. The number of nitrogens with zero attached hydrogens (tertiary/aromatic N) is 1. The van der Waals surface area contributed by atoms with Gasteiger partial charge in [0.05, 0.1) is 13.2 Å². The van der Waals surface area contributed by atoms with Gasteiger partial charge in [-0.1, -0.05) is 0 Å². The van der Waals surface area contributed by atoms with E-state index < -0.39 is 29.7 Å². The number of carbonyl (C=O) groups excluding carboxylic acids is 2. The molecule has 2 fully saturated rings. The first-order valence-electron chi connectivity index (χ1n) is 6.09. The van der Waals surface area contributed by atoms with Crippen molar-refractivity contribution in [3.8, 4) is 0 Å². The van der Waals surface area contributed by atoms with Gasteiger partial charge in [-0.25, -0.2) is 4.79 Å². The minimum Gasteiger partial charge on any atom is -0.464 e. The summed E-state index contributed by atoms with van der Waals surface area (Å²) in [7, 11) is 0. The van der Waals surface area contributed by atoms with Crippen LogP contribution in [0.1, 0.15) is 20.3 Å². The SMILES string of the molecule is CCOC(=O)[C@@]12CC(CO)ON1OC[C@H]2OC(C)=O. The van der Waals surface area contributed by atoms with Gasteiger partial charge in [0.2, 0.25) is 5.54 Å². The van der Waals surface area contributed by atoms with E-state index in [-0.39, 0.29) is 26.2 Å². The molecule has 2 aliphatic rings. The summed E-state index contributed by atoms with van der Waals surface area (Å²) in [6.45, 7) is 2.85. The number of hydroxylamine groups is 2. The maximum atomic E-state index is 12.2. The molecule has 0 aliphatic carbocycles. The Morgan fingerprint density at radius 2 is 2.26 bits per heavy atom. The number of esters is 2. The predicted molar refractivity (Wildman–Crippen MR) is 59.3 cm³/mol. The molecule has 0 aromatic heterocycles. The molecule has 1 N–H and O–H groups in total. The quantitative estimate of drug-likeness (QED) is 0.664. The molecule has 2 heterocycles. The zero-order valence-electron chi connectivity index (χ0n) is 10.8. The molecule has 108 valence electrons. The van der Waals surface area contributed by atoms with Crippen molar-refractivity contribution in [1.29, 1.82) is 0 Å². The monoisotopic (exact) mass is 275 g/mol. The Morgan fingerprint density at radius 1 is 1.53 bits per heavy atom. The highest BCUT2D eigenvalue weighted by Crippen LogP contribution is 2.42. The Balaban J connectivity index is 2.26. The third-order valence-electron chi connectivity index (χ3n) is 3.13. The zero-order valence-corrected chi connectivity index (χ0v) is 10.8. The lowest BCUT2D eigenvalue weighted by atomic mass is 9.89. The highest BCUT2D eigenvalue weighted by Gasteiger charge is 2.65. The molecule has 0 amide bonds. The smallest absolute Gasteiger partial charge is 0.335 e. The first kappa shape index (κ1) is 14.2. The van der Waals surface area contributed by atoms with Crippen molar-refractivity contribution in [2.45, 2.75) is 38.0 Å². The molecule has 2 aliphatic heterocycles. The first-order valence-corrected chi connectivity index (χ1v) is 6.09. The van der Waals surface area contributed by atoms with E-state index in [1.54, 1.807) is 6.92 Å². The molecular formula is C11H17NO7. The van der Waals surface area contributed by atoms with E-state index >= 15 is 0 Å². The van der Waals surface area contributed by atoms with E-state index in [4.69, 9.17) is 24.3 Å². The van der Waals surface area contributed by atoms with E-state index in [1.807, 2.05) is 0 Å². The van der Waals surface area contributed by atoms with Crippen LogP contribution in [0, 0.1) is 0 Å². The van der Waals surface area contributed by atoms with Gasteiger partial charge in [0.15, 0.2) is 6.10 Å². The molecule has 8 heteroatoms. The third kappa shape index (κ3) is 2.32. The van der Waals surface area contributed by atoms with Crippen LogP contribution in [0.4, 0.5) is 0 Å². The van der Waals surface area contributed by atoms with Crippen LogP contribution in [0.5, 0.6) is 0 Å². The standard InChI is InChI=1S/C11H17NO7/c1-3-16-10(15)11-4-8(5-13)19-12(11)17-6-9(11)18-7(2)14/h8-9,13H,3-6H2,1-2H3/t8?,9-,11+/m1/s1. The number of hydrogen-bond donors (Lipinski definition) is 1. The van der Waals surface area contributed by atoms with E-state index in [2.05, 4.69) is 0 Å². The molecule has 3 atom stereocenters. The fourth-order valence-corrected chi connectivity index (χ4v) is 2.33. The molecule has 2 rings (SSSR count). The fraction of sp³-hybridized carbons (Fsp3) is 0.818. The molecule has 0 saturated carbocycles. The molecule has 0 radical (unpaired) electrons. The first-order chi connectivity index (χ1) is 9.04. The topological polar surface area (TPSA) is 94.5 Å². The van der Waals surface area contributed by atoms with Crippen molar-refractivity contribution < 1.29 is 33.8 Å². The van der Waals surface area contributed by atoms with Gasteiger partial charge in [0.1, 0.15) is 12.7 Å². The second-order valence-corrected chi connectivity index (χ2v) is 4.41. The number of carbonyl (C=O) groups is 2. The summed E-state index contributed by atoms with van der Waals surface area (Å²) >= 11 is 0. The third-order valence-corrected chi connectivity index (χ3v) is 3.13. The second-order valence-electron chi connectivity index (χ2n) is 4.41. The average molecular weight is 275 g/mol. The summed E-state index contributed by atoms with van der Waals surface area (Å²) in [4.78, 5) is 33.8. The van der Waals surface area contributed by atoms with Crippen molar-refractivity contribution >= 4 is 11.9 Å². The number of aliphatic hydroxyl groups excluding tert-OH is 1. The van der Waals surface area contributed by atoms with Gasteiger partial charge in [-0.2, -0.15) is 0 Å². The lowest BCUT2D eigenvalue weighted by Gasteiger charge is -2.28. The number of aliphatic hydroxyl groups is 1. The van der Waals surface area contributed by atoms with Crippen LogP contribution >= 0.6 is 0 Å². The van der Waals surface area contributed by atoms with Crippen molar-refractivity contribution in [3.63, 3.8) is 0 Å². The highest BCUT2D eigenvalue weighted by molar-refractivity contribution is 5.83. The van der Waals surface area contributed by atoms with Gasteiger partial charge in [0.25, 0.3) is 0 Å². The molecule has 0 bridgehead atoms. The van der Waals surface area contributed by atoms with Crippen molar-refractivity contribution in [2.24, 2.45) is 0 Å². The van der Waals surface area contributed by atoms with E-state index in [9.17, 15) is 9.59 Å². The molecule has 19 heavy (non-hydrogen) atoms. The van der Waals surface area contributed by atoms with Gasteiger partial charge >= 0.3 is 11.9 Å². The molecule has 0 aromatic carbocycles. The molecule has 1 unspecified atom stereocenters. The zero-order chi connectivity index (χ0) is 14.0. The van der Waals surface area contributed by atoms with Crippen LogP contribution in [-0.2, 0) is 28.7 Å². The highest BCUT2D eigenvalue weighted by atomic mass is 17.0. The Morgan fingerprint density at radius 3 is 2.84 bits per heavy atom. The second kappa shape index (κ2) is 5.41. The summed E-state index contributed by atoms with van der Waals surface area (Å²) in [6.07, 6.45) is -1.27. The summed E-state index contributed by atoms with van der Waals surface area (Å²) in [5.74, 6) is -1.11. The largest absolute Gasteiger partial charge is 0.464 e. The van der Waals surface area contributed by atoms with Gasteiger partial charge in [-0.3, -0.25) is 14.5 Å². The van der Waals surface area contributed by atoms with Crippen LogP contribution in [0.15, 0.2) is 0 Å². The van der Waals surface area contributed by atoms with Gasteiger partial charge < -0.3 is 14.6 Å².